The van der Waals surface area contributed by atoms with Gasteiger partial charge in [-0.05, 0) is 55.8 Å². The minimum absolute atomic E-state index is 0.142. The van der Waals surface area contributed by atoms with Crippen LogP contribution in [0.5, 0.6) is 5.75 Å². The molecule has 0 saturated carbocycles. The Morgan fingerprint density at radius 2 is 1.76 bits per heavy atom. The van der Waals surface area contributed by atoms with Crippen LogP contribution in [0.3, 0.4) is 0 Å². The van der Waals surface area contributed by atoms with Crippen LogP contribution in [0.25, 0.3) is 0 Å². The molecule has 8 nitrogen and oxygen atoms in total. The van der Waals surface area contributed by atoms with Gasteiger partial charge in [0.1, 0.15) is 5.75 Å². The number of halogens is 1. The zero-order valence-corrected chi connectivity index (χ0v) is 16.7. The normalized spacial score (nSPS) is 10.6. The van der Waals surface area contributed by atoms with Gasteiger partial charge in [-0.1, -0.05) is 23.7 Å². The van der Waals surface area contributed by atoms with Crippen molar-refractivity contribution in [1.29, 1.82) is 0 Å². The van der Waals surface area contributed by atoms with E-state index in [1.54, 1.807) is 62.4 Å². The SMILES string of the molecule is CC(C)NC(=O)C(=O)N/N=C\c1ccc(OCC(=O)Nc2ccccc2Cl)cc1. The molecule has 2 aromatic rings. The molecule has 0 atom stereocenters. The van der Waals surface area contributed by atoms with Gasteiger partial charge in [-0.2, -0.15) is 5.10 Å². The van der Waals surface area contributed by atoms with Crippen LogP contribution in [0.2, 0.25) is 5.02 Å². The number of carbonyl (C=O) groups excluding carboxylic acids is 3. The van der Waals surface area contributed by atoms with Crippen LogP contribution < -0.4 is 20.8 Å². The first-order chi connectivity index (χ1) is 13.8. The van der Waals surface area contributed by atoms with Crippen molar-refractivity contribution in [1.82, 2.24) is 10.7 Å². The molecule has 0 bridgehead atoms. The number of ether oxygens (including phenoxy) is 1. The minimum Gasteiger partial charge on any atom is -0.484 e. The molecule has 29 heavy (non-hydrogen) atoms. The maximum absolute atomic E-state index is 11.9. The van der Waals surface area contributed by atoms with Gasteiger partial charge in [-0.25, -0.2) is 5.43 Å². The Hall–Kier alpha value is -3.39. The van der Waals surface area contributed by atoms with Crippen molar-refractivity contribution >= 4 is 41.2 Å². The van der Waals surface area contributed by atoms with Crippen molar-refractivity contribution in [2.24, 2.45) is 5.10 Å². The largest absolute Gasteiger partial charge is 0.484 e. The monoisotopic (exact) mass is 416 g/mol. The highest BCUT2D eigenvalue weighted by molar-refractivity contribution is 6.35. The highest BCUT2D eigenvalue weighted by Gasteiger charge is 2.12. The van der Waals surface area contributed by atoms with E-state index in [9.17, 15) is 14.4 Å². The first-order valence-corrected chi connectivity index (χ1v) is 9.14. The third kappa shape index (κ3) is 7.63. The van der Waals surface area contributed by atoms with Crippen LogP contribution in [0.15, 0.2) is 53.6 Å². The Morgan fingerprint density at radius 3 is 2.41 bits per heavy atom. The summed E-state index contributed by atoms with van der Waals surface area (Å²) in [5, 5.41) is 9.29. The van der Waals surface area contributed by atoms with E-state index >= 15 is 0 Å². The molecule has 0 spiro atoms. The van der Waals surface area contributed by atoms with Crippen LogP contribution in [-0.4, -0.2) is 36.6 Å². The van der Waals surface area contributed by atoms with Gasteiger partial charge in [0.05, 0.1) is 16.9 Å². The summed E-state index contributed by atoms with van der Waals surface area (Å²) in [4.78, 5) is 34.9. The molecule has 0 unspecified atom stereocenters. The number of amides is 3. The Labute approximate surface area is 173 Å². The zero-order valence-electron chi connectivity index (χ0n) is 15.9. The van der Waals surface area contributed by atoms with E-state index in [-0.39, 0.29) is 18.6 Å². The van der Waals surface area contributed by atoms with E-state index in [0.717, 1.165) is 0 Å². The van der Waals surface area contributed by atoms with Crippen molar-refractivity contribution < 1.29 is 19.1 Å². The number of hydrogen-bond acceptors (Lipinski definition) is 5. The third-order valence-electron chi connectivity index (χ3n) is 3.40. The molecular weight excluding hydrogens is 396 g/mol. The molecule has 2 aromatic carbocycles. The van der Waals surface area contributed by atoms with Crippen molar-refractivity contribution in [2.75, 3.05) is 11.9 Å². The number of benzene rings is 2. The fourth-order valence-corrected chi connectivity index (χ4v) is 2.27. The average Bonchev–Trinajstić information content (AvgIpc) is 2.68. The number of hydrogen-bond donors (Lipinski definition) is 3. The summed E-state index contributed by atoms with van der Waals surface area (Å²) in [6.07, 6.45) is 1.38. The van der Waals surface area contributed by atoms with E-state index in [2.05, 4.69) is 21.2 Å². The molecule has 0 saturated heterocycles. The van der Waals surface area contributed by atoms with Gasteiger partial charge in [0.2, 0.25) is 0 Å². The van der Waals surface area contributed by atoms with Crippen molar-refractivity contribution in [3.05, 3.63) is 59.1 Å². The summed E-state index contributed by atoms with van der Waals surface area (Å²) in [5.41, 5.74) is 3.32. The van der Waals surface area contributed by atoms with Crippen molar-refractivity contribution in [3.8, 4) is 5.75 Å². The van der Waals surface area contributed by atoms with Crippen molar-refractivity contribution in [3.63, 3.8) is 0 Å². The van der Waals surface area contributed by atoms with Crippen LogP contribution in [0, 0.1) is 0 Å². The maximum Gasteiger partial charge on any atom is 0.329 e. The second kappa shape index (κ2) is 10.8. The van der Waals surface area contributed by atoms with Gasteiger partial charge in [-0.15, -0.1) is 0 Å². The molecule has 0 fully saturated rings. The van der Waals surface area contributed by atoms with E-state index in [1.807, 2.05) is 0 Å². The molecule has 3 N–H and O–H groups in total. The lowest BCUT2D eigenvalue weighted by atomic mass is 10.2. The number of anilines is 1. The molecule has 152 valence electrons. The van der Waals surface area contributed by atoms with Crippen LogP contribution in [0.1, 0.15) is 19.4 Å². The summed E-state index contributed by atoms with van der Waals surface area (Å²) in [6, 6.07) is 13.4. The van der Waals surface area contributed by atoms with Crippen molar-refractivity contribution in [2.45, 2.75) is 19.9 Å². The summed E-state index contributed by atoms with van der Waals surface area (Å²) in [6.45, 7) is 3.32. The zero-order chi connectivity index (χ0) is 21.2. The molecule has 0 aromatic heterocycles. The smallest absolute Gasteiger partial charge is 0.329 e. The predicted molar refractivity (Wildman–Crippen MR) is 111 cm³/mol. The summed E-state index contributed by atoms with van der Waals surface area (Å²) in [5.74, 6) is -1.46. The minimum atomic E-state index is -0.848. The van der Waals surface area contributed by atoms with Crippen LogP contribution in [-0.2, 0) is 14.4 Å². The molecule has 0 aliphatic rings. The van der Waals surface area contributed by atoms with E-state index in [0.29, 0.717) is 22.0 Å². The van der Waals surface area contributed by atoms with Gasteiger partial charge in [0.25, 0.3) is 5.91 Å². The molecule has 9 heteroatoms. The van der Waals surface area contributed by atoms with E-state index in [1.165, 1.54) is 6.21 Å². The highest BCUT2D eigenvalue weighted by Crippen LogP contribution is 2.20. The fourth-order valence-electron chi connectivity index (χ4n) is 2.09. The molecule has 0 aliphatic carbocycles. The second-order valence-electron chi connectivity index (χ2n) is 6.21. The van der Waals surface area contributed by atoms with Gasteiger partial charge < -0.3 is 15.4 Å². The number of hydrazone groups is 1. The molecule has 0 aliphatic heterocycles. The predicted octanol–water partition coefficient (Wildman–Crippen LogP) is 2.33. The molecule has 0 radical (unpaired) electrons. The lowest BCUT2D eigenvalue weighted by Gasteiger charge is -2.08. The lowest BCUT2D eigenvalue weighted by Crippen LogP contribution is -2.41. The highest BCUT2D eigenvalue weighted by atomic mass is 35.5. The maximum atomic E-state index is 11.9. The van der Waals surface area contributed by atoms with Gasteiger partial charge in [0, 0.05) is 6.04 Å². The Morgan fingerprint density at radius 1 is 1.07 bits per heavy atom. The molecule has 3 amide bonds. The van der Waals surface area contributed by atoms with Gasteiger partial charge in [-0.3, -0.25) is 14.4 Å². The quantitative estimate of drug-likeness (QED) is 0.365. The summed E-state index contributed by atoms with van der Waals surface area (Å²) in [7, 11) is 0. The Bertz CT molecular complexity index is 898. The first-order valence-electron chi connectivity index (χ1n) is 8.76. The molecular formula is C20H21ClN4O4. The van der Waals surface area contributed by atoms with Crippen LogP contribution in [0.4, 0.5) is 5.69 Å². The third-order valence-corrected chi connectivity index (χ3v) is 3.73. The number of nitrogens with one attached hydrogen (secondary N) is 3. The molecule has 2 rings (SSSR count). The first kappa shape index (κ1) is 21.9. The second-order valence-corrected chi connectivity index (χ2v) is 6.62. The fraction of sp³-hybridized carbons (Fsp3) is 0.200. The van der Waals surface area contributed by atoms with E-state index in [4.69, 9.17) is 16.3 Å². The number of para-hydroxylation sites is 1. The lowest BCUT2D eigenvalue weighted by molar-refractivity contribution is -0.139. The summed E-state index contributed by atoms with van der Waals surface area (Å²) < 4.78 is 5.42. The number of rotatable bonds is 7. The van der Waals surface area contributed by atoms with Gasteiger partial charge in [0.15, 0.2) is 6.61 Å². The molecule has 0 heterocycles. The average molecular weight is 417 g/mol. The van der Waals surface area contributed by atoms with Gasteiger partial charge >= 0.3 is 11.8 Å². The van der Waals surface area contributed by atoms with Crippen LogP contribution >= 0.6 is 11.6 Å². The Balaban J connectivity index is 1.79. The number of nitrogens with zero attached hydrogens (tertiary/aromatic N) is 1. The standard InChI is InChI=1S/C20H21ClN4O4/c1-13(2)23-19(27)20(28)25-22-11-14-7-9-15(10-8-14)29-12-18(26)24-17-6-4-3-5-16(17)21/h3-11,13H,12H2,1-2H3,(H,23,27)(H,24,26)(H,25,28)/b22-11-. The number of carbonyl (C=O) groups is 3. The van der Waals surface area contributed by atoms with E-state index < -0.39 is 11.8 Å². The summed E-state index contributed by atoms with van der Waals surface area (Å²) >= 11 is 5.99. The topological polar surface area (TPSA) is 109 Å². The Kier molecular flexibility index (Phi) is 8.17.